The second kappa shape index (κ2) is 11.3. The van der Waals surface area contributed by atoms with Crippen molar-refractivity contribution in [1.29, 1.82) is 0 Å². The summed E-state index contributed by atoms with van der Waals surface area (Å²) in [6, 6.07) is 22.6. The standard InChI is InChI=1S/C27H24FN3O2S2/c1-3-23(26(33)31-27-30-24(17(2)34-27)18-8-5-4-6-9-18)35-22-11-7-10-21(16-22)29-25(32)19-12-14-20(28)15-13-19/h4-16,23H,3H2,1-2H3,(H,29,32)(H,30,31,33). The fourth-order valence-corrected chi connectivity index (χ4v) is 5.29. The summed E-state index contributed by atoms with van der Waals surface area (Å²) >= 11 is 2.88. The summed E-state index contributed by atoms with van der Waals surface area (Å²) in [5, 5.41) is 6.03. The van der Waals surface area contributed by atoms with Gasteiger partial charge in [0.2, 0.25) is 5.91 Å². The summed E-state index contributed by atoms with van der Waals surface area (Å²) < 4.78 is 13.1. The maximum Gasteiger partial charge on any atom is 0.255 e. The smallest absolute Gasteiger partial charge is 0.255 e. The highest BCUT2D eigenvalue weighted by atomic mass is 32.2. The zero-order valence-corrected chi connectivity index (χ0v) is 20.9. The Morgan fingerprint density at radius 2 is 1.74 bits per heavy atom. The van der Waals surface area contributed by atoms with E-state index in [-0.39, 0.29) is 17.1 Å². The number of halogens is 1. The quantitative estimate of drug-likeness (QED) is 0.253. The van der Waals surface area contributed by atoms with Crippen molar-refractivity contribution in [2.75, 3.05) is 10.6 Å². The summed E-state index contributed by atoms with van der Waals surface area (Å²) in [6.45, 7) is 3.95. The number of rotatable bonds is 8. The normalized spacial score (nSPS) is 11.6. The molecule has 2 N–H and O–H groups in total. The van der Waals surface area contributed by atoms with Crippen molar-refractivity contribution < 1.29 is 14.0 Å². The first-order valence-corrected chi connectivity index (χ1v) is 12.8. The number of thioether (sulfide) groups is 1. The van der Waals surface area contributed by atoms with Crippen molar-refractivity contribution in [3.8, 4) is 11.3 Å². The van der Waals surface area contributed by atoms with Gasteiger partial charge in [0.1, 0.15) is 5.82 Å². The summed E-state index contributed by atoms with van der Waals surface area (Å²) in [5.74, 6) is -0.843. The van der Waals surface area contributed by atoms with Gasteiger partial charge in [0.15, 0.2) is 5.13 Å². The van der Waals surface area contributed by atoms with Crippen LogP contribution in [0.25, 0.3) is 11.3 Å². The summed E-state index contributed by atoms with van der Waals surface area (Å²) in [4.78, 5) is 32.0. The van der Waals surface area contributed by atoms with Crippen LogP contribution in [0.4, 0.5) is 15.2 Å². The third-order valence-corrected chi connectivity index (χ3v) is 7.46. The van der Waals surface area contributed by atoms with E-state index >= 15 is 0 Å². The van der Waals surface area contributed by atoms with Crippen LogP contribution >= 0.6 is 23.1 Å². The third kappa shape index (κ3) is 6.35. The predicted molar refractivity (Wildman–Crippen MR) is 142 cm³/mol. The van der Waals surface area contributed by atoms with Crippen LogP contribution in [-0.4, -0.2) is 22.0 Å². The fraction of sp³-hybridized carbons (Fsp3) is 0.148. The van der Waals surface area contributed by atoms with Gasteiger partial charge in [0, 0.05) is 26.6 Å². The lowest BCUT2D eigenvalue weighted by atomic mass is 10.1. The Bertz CT molecular complexity index is 1320. The molecule has 0 aliphatic rings. The van der Waals surface area contributed by atoms with Gasteiger partial charge >= 0.3 is 0 Å². The van der Waals surface area contributed by atoms with Crippen LogP contribution in [0.5, 0.6) is 0 Å². The molecule has 0 bridgehead atoms. The first kappa shape index (κ1) is 24.6. The maximum absolute atomic E-state index is 13.1. The Morgan fingerprint density at radius 3 is 2.46 bits per heavy atom. The van der Waals surface area contributed by atoms with E-state index < -0.39 is 5.82 Å². The van der Waals surface area contributed by atoms with Crippen molar-refractivity contribution >= 4 is 45.7 Å². The number of thiazole rings is 1. The van der Waals surface area contributed by atoms with Crippen LogP contribution in [0.15, 0.2) is 83.8 Å². The van der Waals surface area contributed by atoms with Crippen LogP contribution in [0, 0.1) is 12.7 Å². The number of hydrogen-bond donors (Lipinski definition) is 2. The van der Waals surface area contributed by atoms with E-state index in [0.29, 0.717) is 22.8 Å². The topological polar surface area (TPSA) is 71.1 Å². The Morgan fingerprint density at radius 1 is 1.00 bits per heavy atom. The number of nitrogens with one attached hydrogen (secondary N) is 2. The molecule has 0 aliphatic heterocycles. The van der Waals surface area contributed by atoms with E-state index in [1.807, 2.05) is 62.4 Å². The number of anilines is 2. The molecule has 0 spiro atoms. The molecule has 1 unspecified atom stereocenters. The molecule has 178 valence electrons. The van der Waals surface area contributed by atoms with Gasteiger partial charge in [-0.25, -0.2) is 9.37 Å². The Hall–Kier alpha value is -3.49. The summed E-state index contributed by atoms with van der Waals surface area (Å²) in [5.41, 5.74) is 2.85. The highest BCUT2D eigenvalue weighted by Gasteiger charge is 2.20. The fourth-order valence-electron chi connectivity index (χ4n) is 3.44. The van der Waals surface area contributed by atoms with Crippen molar-refractivity contribution in [2.24, 2.45) is 0 Å². The minimum absolute atomic E-state index is 0.119. The lowest BCUT2D eigenvalue weighted by Gasteiger charge is -2.14. The maximum atomic E-state index is 13.1. The van der Waals surface area contributed by atoms with E-state index in [0.717, 1.165) is 21.0 Å². The second-order valence-corrected chi connectivity index (χ2v) is 10.3. The van der Waals surface area contributed by atoms with Crippen LogP contribution in [0.2, 0.25) is 0 Å². The van der Waals surface area contributed by atoms with Crippen molar-refractivity contribution in [3.05, 3.63) is 95.1 Å². The van der Waals surface area contributed by atoms with E-state index in [1.54, 1.807) is 6.07 Å². The van der Waals surface area contributed by atoms with Crippen LogP contribution < -0.4 is 10.6 Å². The number of aromatic nitrogens is 1. The zero-order valence-electron chi connectivity index (χ0n) is 19.2. The molecule has 5 nitrogen and oxygen atoms in total. The van der Waals surface area contributed by atoms with Gasteiger partial charge in [-0.2, -0.15) is 0 Å². The van der Waals surface area contributed by atoms with Crippen molar-refractivity contribution in [3.63, 3.8) is 0 Å². The summed E-state index contributed by atoms with van der Waals surface area (Å²) in [7, 11) is 0. The van der Waals surface area contributed by atoms with Gasteiger partial charge in [-0.3, -0.25) is 9.59 Å². The van der Waals surface area contributed by atoms with Crippen LogP contribution in [0.1, 0.15) is 28.6 Å². The molecular formula is C27H24FN3O2S2. The molecular weight excluding hydrogens is 481 g/mol. The van der Waals surface area contributed by atoms with Crippen LogP contribution in [0.3, 0.4) is 0 Å². The van der Waals surface area contributed by atoms with Gasteiger partial charge in [-0.1, -0.05) is 43.3 Å². The molecule has 0 aliphatic carbocycles. The third-order valence-electron chi connectivity index (χ3n) is 5.21. The Labute approximate surface area is 211 Å². The number of benzene rings is 3. The highest BCUT2D eigenvalue weighted by molar-refractivity contribution is 8.00. The average Bonchev–Trinajstić information content (AvgIpc) is 3.23. The number of aryl methyl sites for hydroxylation is 1. The summed E-state index contributed by atoms with van der Waals surface area (Å²) in [6.07, 6.45) is 0.624. The number of nitrogens with zero attached hydrogens (tertiary/aromatic N) is 1. The van der Waals surface area contributed by atoms with Crippen molar-refractivity contribution in [2.45, 2.75) is 30.4 Å². The van der Waals surface area contributed by atoms with Crippen molar-refractivity contribution in [1.82, 2.24) is 4.98 Å². The lowest BCUT2D eigenvalue weighted by molar-refractivity contribution is -0.115. The Balaban J connectivity index is 1.41. The molecule has 35 heavy (non-hydrogen) atoms. The number of carbonyl (C=O) groups excluding carboxylic acids is 2. The minimum atomic E-state index is -0.395. The predicted octanol–water partition coefficient (Wildman–Crippen LogP) is 7.02. The first-order chi connectivity index (χ1) is 16.9. The number of amides is 2. The number of hydrogen-bond acceptors (Lipinski definition) is 5. The van der Waals surface area contributed by atoms with Crippen LogP contribution in [-0.2, 0) is 4.79 Å². The largest absolute Gasteiger partial charge is 0.322 e. The van der Waals surface area contributed by atoms with E-state index in [4.69, 9.17) is 0 Å². The first-order valence-electron chi connectivity index (χ1n) is 11.1. The Kier molecular flexibility index (Phi) is 7.94. The molecule has 0 saturated carbocycles. The average molecular weight is 506 g/mol. The van der Waals surface area contributed by atoms with Gasteiger partial charge in [0.05, 0.1) is 10.9 Å². The van der Waals surface area contributed by atoms with Gasteiger partial charge in [0.25, 0.3) is 5.91 Å². The van der Waals surface area contributed by atoms with E-state index in [1.165, 1.54) is 47.4 Å². The SMILES string of the molecule is CCC(Sc1cccc(NC(=O)c2ccc(F)cc2)c1)C(=O)Nc1nc(-c2ccccc2)c(C)s1. The molecule has 1 atom stereocenters. The minimum Gasteiger partial charge on any atom is -0.322 e. The van der Waals surface area contributed by atoms with E-state index in [9.17, 15) is 14.0 Å². The molecule has 4 aromatic rings. The zero-order chi connectivity index (χ0) is 24.8. The second-order valence-electron chi connectivity index (χ2n) is 7.78. The lowest BCUT2D eigenvalue weighted by Crippen LogP contribution is -2.24. The molecule has 0 radical (unpaired) electrons. The molecule has 0 saturated heterocycles. The molecule has 8 heteroatoms. The molecule has 1 aromatic heterocycles. The molecule has 1 heterocycles. The van der Waals surface area contributed by atoms with Gasteiger partial charge < -0.3 is 10.6 Å². The van der Waals surface area contributed by atoms with Gasteiger partial charge in [-0.15, -0.1) is 23.1 Å². The number of carbonyl (C=O) groups is 2. The van der Waals surface area contributed by atoms with Gasteiger partial charge in [-0.05, 0) is 55.8 Å². The molecule has 3 aromatic carbocycles. The monoisotopic (exact) mass is 505 g/mol. The molecule has 2 amide bonds. The van der Waals surface area contributed by atoms with E-state index in [2.05, 4.69) is 15.6 Å². The highest BCUT2D eigenvalue weighted by Crippen LogP contribution is 2.32. The molecule has 0 fully saturated rings. The molecule has 4 rings (SSSR count).